The first-order chi connectivity index (χ1) is 20.8. The molecule has 0 saturated carbocycles. The Morgan fingerprint density at radius 2 is 0.786 bits per heavy atom. The van der Waals surface area contributed by atoms with Crippen molar-refractivity contribution in [1.29, 1.82) is 0 Å². The van der Waals surface area contributed by atoms with Crippen LogP contribution < -0.4 is 0 Å². The van der Waals surface area contributed by atoms with Crippen LogP contribution >= 0.6 is 0 Å². The van der Waals surface area contributed by atoms with Crippen LogP contribution in [-0.4, -0.2) is 0 Å². The van der Waals surface area contributed by atoms with E-state index in [-0.39, 0.29) is 0 Å². The maximum absolute atomic E-state index is 2.29. The molecular formula is C42H28. The molecule has 0 N–H and O–H groups in total. The van der Waals surface area contributed by atoms with Gasteiger partial charge < -0.3 is 0 Å². The van der Waals surface area contributed by atoms with Crippen LogP contribution in [0.1, 0.15) is 11.1 Å². The molecule has 0 heteroatoms. The van der Waals surface area contributed by atoms with Crippen LogP contribution in [0.4, 0.5) is 0 Å². The SMILES string of the molecule is C1=Cc2ccc(-c3ccc(-c4c5ccccc5cc5ccccc45)cc3)c3cccc1c23.c1ccc2ccccc2c1. The van der Waals surface area contributed by atoms with Gasteiger partial charge in [-0.05, 0) is 82.5 Å². The maximum atomic E-state index is 2.29. The van der Waals surface area contributed by atoms with E-state index in [2.05, 4.69) is 170 Å². The zero-order chi connectivity index (χ0) is 27.9. The van der Waals surface area contributed by atoms with E-state index in [1.54, 1.807) is 0 Å². The Labute approximate surface area is 245 Å². The third-order valence-corrected chi connectivity index (χ3v) is 8.46. The summed E-state index contributed by atoms with van der Waals surface area (Å²) in [7, 11) is 0. The summed E-state index contributed by atoms with van der Waals surface area (Å²) in [6.45, 7) is 0. The molecule has 0 atom stereocenters. The molecule has 196 valence electrons. The van der Waals surface area contributed by atoms with Gasteiger partial charge in [0, 0.05) is 0 Å². The van der Waals surface area contributed by atoms with Crippen molar-refractivity contribution < 1.29 is 0 Å². The van der Waals surface area contributed by atoms with Gasteiger partial charge in [0.25, 0.3) is 0 Å². The highest BCUT2D eigenvalue weighted by Crippen LogP contribution is 2.40. The Balaban J connectivity index is 0.000000226. The van der Waals surface area contributed by atoms with Crippen LogP contribution in [0, 0.1) is 0 Å². The molecule has 1 aliphatic rings. The fourth-order valence-electron chi connectivity index (χ4n) is 6.45. The molecule has 0 amide bonds. The molecule has 0 unspecified atom stereocenters. The Morgan fingerprint density at radius 1 is 0.310 bits per heavy atom. The van der Waals surface area contributed by atoms with Gasteiger partial charge in [-0.15, -0.1) is 0 Å². The average Bonchev–Trinajstić information content (AvgIpc) is 3.49. The van der Waals surface area contributed by atoms with Gasteiger partial charge in [0.2, 0.25) is 0 Å². The van der Waals surface area contributed by atoms with Gasteiger partial charge in [-0.2, -0.15) is 0 Å². The van der Waals surface area contributed by atoms with Gasteiger partial charge in [0.15, 0.2) is 0 Å². The molecular weight excluding hydrogens is 504 g/mol. The maximum Gasteiger partial charge on any atom is -0.00268 e. The highest BCUT2D eigenvalue weighted by atomic mass is 14.2. The Kier molecular flexibility index (Phi) is 5.90. The number of rotatable bonds is 2. The molecule has 0 saturated heterocycles. The average molecular weight is 533 g/mol. The van der Waals surface area contributed by atoms with Crippen molar-refractivity contribution in [3.05, 3.63) is 169 Å². The van der Waals surface area contributed by atoms with E-state index < -0.39 is 0 Å². The van der Waals surface area contributed by atoms with Crippen LogP contribution in [0.5, 0.6) is 0 Å². The van der Waals surface area contributed by atoms with Crippen LogP contribution in [0.15, 0.2) is 158 Å². The number of fused-ring (bicyclic) bond motifs is 3. The minimum absolute atomic E-state index is 1.26. The summed E-state index contributed by atoms with van der Waals surface area (Å²) in [5, 5.41) is 10.5. The minimum atomic E-state index is 1.26. The monoisotopic (exact) mass is 532 g/mol. The molecule has 0 nitrogen and oxygen atoms in total. The largest absolute Gasteiger partial charge is 0.0616 e. The zero-order valence-electron chi connectivity index (χ0n) is 23.2. The lowest BCUT2D eigenvalue weighted by atomic mass is 9.90. The highest BCUT2D eigenvalue weighted by Gasteiger charge is 2.14. The molecule has 1 aliphatic carbocycles. The molecule has 0 bridgehead atoms. The summed E-state index contributed by atoms with van der Waals surface area (Å²) >= 11 is 0. The number of benzene rings is 8. The highest BCUT2D eigenvalue weighted by molar-refractivity contribution is 6.13. The Bertz CT molecular complexity index is 2150. The molecule has 0 spiro atoms. The molecule has 0 heterocycles. The third-order valence-electron chi connectivity index (χ3n) is 8.46. The van der Waals surface area contributed by atoms with Gasteiger partial charge in [0.1, 0.15) is 0 Å². The summed E-state index contributed by atoms with van der Waals surface area (Å²) in [6, 6.07) is 56.6. The smallest absolute Gasteiger partial charge is 0.00268 e. The zero-order valence-corrected chi connectivity index (χ0v) is 23.2. The second kappa shape index (κ2) is 10.2. The molecule has 0 aliphatic heterocycles. The molecule has 0 radical (unpaired) electrons. The summed E-state index contributed by atoms with van der Waals surface area (Å²) in [5.41, 5.74) is 7.76. The second-order valence-corrected chi connectivity index (χ2v) is 10.9. The summed E-state index contributed by atoms with van der Waals surface area (Å²) in [6.07, 6.45) is 4.44. The van der Waals surface area contributed by atoms with Gasteiger partial charge >= 0.3 is 0 Å². The molecule has 42 heavy (non-hydrogen) atoms. The first-order valence-corrected chi connectivity index (χ1v) is 14.5. The lowest BCUT2D eigenvalue weighted by Crippen LogP contribution is -1.87. The summed E-state index contributed by atoms with van der Waals surface area (Å²) in [5.74, 6) is 0. The van der Waals surface area contributed by atoms with Crippen molar-refractivity contribution in [2.75, 3.05) is 0 Å². The first kappa shape index (κ1) is 24.3. The number of hydrogen-bond acceptors (Lipinski definition) is 0. The molecule has 8 aromatic carbocycles. The van der Waals surface area contributed by atoms with E-state index in [1.165, 1.54) is 76.5 Å². The van der Waals surface area contributed by atoms with E-state index in [4.69, 9.17) is 0 Å². The predicted molar refractivity (Wildman–Crippen MR) is 183 cm³/mol. The quantitative estimate of drug-likeness (QED) is 0.194. The van der Waals surface area contributed by atoms with E-state index in [9.17, 15) is 0 Å². The lowest BCUT2D eigenvalue weighted by Gasteiger charge is -2.14. The standard InChI is InChI=1S/C32H20.C10H8/c1-3-9-28-25(6-1)20-26-7-2-4-10-29(26)32(28)24-14-12-21(13-15-24)27-19-18-23-17-16-22-8-5-11-30(27)31(22)23;1-2-6-10-8-4-3-7-9(10)5-1/h1-20H;1-8H. The topological polar surface area (TPSA) is 0 Å². The van der Waals surface area contributed by atoms with E-state index >= 15 is 0 Å². The predicted octanol–water partition coefficient (Wildman–Crippen LogP) is 11.8. The summed E-state index contributed by atoms with van der Waals surface area (Å²) in [4.78, 5) is 0. The first-order valence-electron chi connectivity index (χ1n) is 14.5. The molecule has 9 rings (SSSR count). The minimum Gasteiger partial charge on any atom is -0.0616 e. The molecule has 0 fully saturated rings. The van der Waals surface area contributed by atoms with Crippen LogP contribution in [-0.2, 0) is 0 Å². The van der Waals surface area contributed by atoms with Crippen molar-refractivity contribution in [2.45, 2.75) is 0 Å². The molecule has 8 aromatic rings. The second-order valence-electron chi connectivity index (χ2n) is 10.9. The van der Waals surface area contributed by atoms with Crippen LogP contribution in [0.3, 0.4) is 0 Å². The van der Waals surface area contributed by atoms with Crippen molar-refractivity contribution in [3.8, 4) is 22.3 Å². The number of hydrogen-bond donors (Lipinski definition) is 0. The van der Waals surface area contributed by atoms with Gasteiger partial charge in [0.05, 0.1) is 0 Å². The lowest BCUT2D eigenvalue weighted by molar-refractivity contribution is 1.63. The van der Waals surface area contributed by atoms with E-state index in [0.717, 1.165) is 0 Å². The van der Waals surface area contributed by atoms with Crippen molar-refractivity contribution in [2.24, 2.45) is 0 Å². The third kappa shape index (κ3) is 4.17. The molecule has 0 aromatic heterocycles. The Hall–Kier alpha value is -5.46. The van der Waals surface area contributed by atoms with Crippen molar-refractivity contribution >= 4 is 55.2 Å². The van der Waals surface area contributed by atoms with Gasteiger partial charge in [-0.3, -0.25) is 0 Å². The normalized spacial score (nSPS) is 11.7. The van der Waals surface area contributed by atoms with Crippen molar-refractivity contribution in [1.82, 2.24) is 0 Å². The van der Waals surface area contributed by atoms with Crippen LogP contribution in [0.2, 0.25) is 0 Å². The van der Waals surface area contributed by atoms with Crippen LogP contribution in [0.25, 0.3) is 77.5 Å². The van der Waals surface area contributed by atoms with E-state index in [1.807, 2.05) is 0 Å². The fourth-order valence-corrected chi connectivity index (χ4v) is 6.45. The van der Waals surface area contributed by atoms with Crippen molar-refractivity contribution in [3.63, 3.8) is 0 Å². The van der Waals surface area contributed by atoms with E-state index in [0.29, 0.717) is 0 Å². The van der Waals surface area contributed by atoms with Gasteiger partial charge in [-0.1, -0.05) is 164 Å². The fraction of sp³-hybridized carbons (Fsp3) is 0. The Morgan fingerprint density at radius 3 is 1.38 bits per heavy atom. The summed E-state index contributed by atoms with van der Waals surface area (Å²) < 4.78 is 0. The van der Waals surface area contributed by atoms with Gasteiger partial charge in [-0.25, -0.2) is 0 Å².